The molecule has 0 saturated heterocycles. The van der Waals surface area contributed by atoms with E-state index in [-0.39, 0.29) is 24.0 Å². The van der Waals surface area contributed by atoms with Crippen molar-refractivity contribution in [2.45, 2.75) is 0 Å². The van der Waals surface area contributed by atoms with Crippen LogP contribution in [0.4, 0.5) is 10.1 Å². The van der Waals surface area contributed by atoms with Gasteiger partial charge in [0.15, 0.2) is 0 Å². The first-order valence-electron chi connectivity index (χ1n) is 6.79. The van der Waals surface area contributed by atoms with Crippen molar-refractivity contribution < 1.29 is 18.8 Å². The lowest BCUT2D eigenvalue weighted by atomic mass is 10.3. The molecule has 1 heterocycles. The van der Waals surface area contributed by atoms with Crippen molar-refractivity contribution in [3.05, 3.63) is 51.4 Å². The van der Waals surface area contributed by atoms with Crippen LogP contribution < -0.4 is 16.0 Å². The molecule has 0 fully saturated rings. The van der Waals surface area contributed by atoms with Crippen LogP contribution in [0.25, 0.3) is 0 Å². The second kappa shape index (κ2) is 8.42. The van der Waals surface area contributed by atoms with E-state index in [2.05, 4.69) is 16.0 Å². The second-order valence-corrected chi connectivity index (χ2v) is 5.97. The van der Waals surface area contributed by atoms with Crippen LogP contribution in [0, 0.1) is 5.82 Å². The van der Waals surface area contributed by atoms with Crippen LogP contribution in [0.1, 0.15) is 9.67 Å². The van der Waals surface area contributed by atoms with Crippen LogP contribution in [0.3, 0.4) is 0 Å². The Morgan fingerprint density at radius 3 is 2.50 bits per heavy atom. The molecule has 0 atom stereocenters. The summed E-state index contributed by atoms with van der Waals surface area (Å²) in [6.45, 7) is -0.533. The predicted octanol–water partition coefficient (Wildman–Crippen LogP) is 2.03. The normalized spacial score (nSPS) is 10.1. The summed E-state index contributed by atoms with van der Waals surface area (Å²) in [5.41, 5.74) is 0.312. The van der Waals surface area contributed by atoms with E-state index in [1.807, 2.05) is 0 Å². The largest absolute Gasteiger partial charge is 0.345 e. The summed E-state index contributed by atoms with van der Waals surface area (Å²) in [4.78, 5) is 35.4. The molecule has 2 rings (SSSR count). The first-order chi connectivity index (χ1) is 11.5. The average molecular weight is 370 g/mol. The van der Waals surface area contributed by atoms with Gasteiger partial charge in [-0.3, -0.25) is 14.4 Å². The zero-order valence-corrected chi connectivity index (χ0v) is 13.8. The molecule has 0 aliphatic carbocycles. The molecule has 1 aromatic heterocycles. The van der Waals surface area contributed by atoms with Gasteiger partial charge < -0.3 is 16.0 Å². The molecular formula is C15H13ClFN3O3S. The van der Waals surface area contributed by atoms with Crippen LogP contribution in [0.2, 0.25) is 5.02 Å². The first-order valence-corrected chi connectivity index (χ1v) is 8.05. The number of thiophene rings is 1. The highest BCUT2D eigenvalue weighted by molar-refractivity contribution is 7.12. The third-order valence-electron chi connectivity index (χ3n) is 2.80. The Morgan fingerprint density at radius 1 is 1.08 bits per heavy atom. The number of carbonyl (C=O) groups is 3. The van der Waals surface area contributed by atoms with E-state index in [4.69, 9.17) is 11.6 Å². The Labute approximate surface area is 146 Å². The van der Waals surface area contributed by atoms with E-state index in [0.717, 1.165) is 6.07 Å². The fourth-order valence-electron chi connectivity index (χ4n) is 1.68. The summed E-state index contributed by atoms with van der Waals surface area (Å²) in [5, 5.41) is 8.90. The van der Waals surface area contributed by atoms with Gasteiger partial charge >= 0.3 is 0 Å². The minimum atomic E-state index is -0.593. The maximum Gasteiger partial charge on any atom is 0.261 e. The molecule has 3 N–H and O–H groups in total. The Balaban J connectivity index is 1.72. The zero-order valence-electron chi connectivity index (χ0n) is 12.3. The number of halogens is 2. The lowest BCUT2D eigenvalue weighted by Gasteiger charge is -2.08. The Hall–Kier alpha value is -2.45. The average Bonchev–Trinajstić information content (AvgIpc) is 3.08. The van der Waals surface area contributed by atoms with Gasteiger partial charge in [-0.05, 0) is 29.6 Å². The summed E-state index contributed by atoms with van der Waals surface area (Å²) >= 11 is 6.86. The maximum atomic E-state index is 13.0. The highest BCUT2D eigenvalue weighted by Gasteiger charge is 2.10. The molecule has 0 radical (unpaired) electrons. The summed E-state index contributed by atoms with van der Waals surface area (Å²) in [7, 11) is 0. The molecule has 3 amide bonds. The number of hydrogen-bond donors (Lipinski definition) is 3. The minimum Gasteiger partial charge on any atom is -0.345 e. The topological polar surface area (TPSA) is 87.3 Å². The summed E-state index contributed by atoms with van der Waals surface area (Å²) in [6.07, 6.45) is 0. The molecule has 0 aliphatic heterocycles. The standard InChI is InChI=1S/C15H13ClFN3O3S/c16-10-6-9(3-4-11(10)17)20-14(22)8-18-13(21)7-19-15(23)12-2-1-5-24-12/h1-6H,7-8H2,(H,18,21)(H,19,23)(H,20,22). The third kappa shape index (κ3) is 5.32. The lowest BCUT2D eigenvalue weighted by Crippen LogP contribution is -2.40. The van der Waals surface area contributed by atoms with Gasteiger partial charge in [-0.1, -0.05) is 17.7 Å². The number of amides is 3. The van der Waals surface area contributed by atoms with Crippen molar-refractivity contribution in [2.75, 3.05) is 18.4 Å². The van der Waals surface area contributed by atoms with Gasteiger partial charge in [-0.15, -0.1) is 11.3 Å². The summed E-state index contributed by atoms with van der Waals surface area (Å²) in [5.74, 6) is -1.96. The zero-order chi connectivity index (χ0) is 17.5. The molecule has 0 saturated carbocycles. The van der Waals surface area contributed by atoms with Crippen molar-refractivity contribution in [3.63, 3.8) is 0 Å². The van der Waals surface area contributed by atoms with Gasteiger partial charge in [0.2, 0.25) is 11.8 Å². The Bertz CT molecular complexity index is 752. The van der Waals surface area contributed by atoms with Crippen LogP contribution >= 0.6 is 22.9 Å². The van der Waals surface area contributed by atoms with Crippen LogP contribution in [-0.4, -0.2) is 30.8 Å². The first kappa shape index (κ1) is 17.9. The Morgan fingerprint density at radius 2 is 1.83 bits per heavy atom. The SMILES string of the molecule is O=C(CNC(=O)c1cccs1)NCC(=O)Nc1ccc(F)c(Cl)c1. The van der Waals surface area contributed by atoms with E-state index in [1.54, 1.807) is 17.5 Å². The van der Waals surface area contributed by atoms with Crippen LogP contribution in [0.15, 0.2) is 35.7 Å². The van der Waals surface area contributed by atoms with E-state index in [0.29, 0.717) is 10.6 Å². The predicted molar refractivity (Wildman–Crippen MR) is 89.7 cm³/mol. The van der Waals surface area contributed by atoms with E-state index in [1.165, 1.54) is 23.5 Å². The van der Waals surface area contributed by atoms with E-state index >= 15 is 0 Å². The maximum absolute atomic E-state index is 13.0. The second-order valence-electron chi connectivity index (χ2n) is 4.61. The highest BCUT2D eigenvalue weighted by Crippen LogP contribution is 2.19. The summed E-state index contributed by atoms with van der Waals surface area (Å²) in [6, 6.07) is 7.10. The van der Waals surface area contributed by atoms with Crippen LogP contribution in [-0.2, 0) is 9.59 Å². The van der Waals surface area contributed by atoms with E-state index < -0.39 is 17.6 Å². The van der Waals surface area contributed by atoms with Crippen molar-refractivity contribution >= 4 is 46.3 Å². The molecular weight excluding hydrogens is 357 g/mol. The van der Waals surface area contributed by atoms with Gasteiger partial charge in [0.1, 0.15) is 5.82 Å². The van der Waals surface area contributed by atoms with Crippen molar-refractivity contribution in [1.82, 2.24) is 10.6 Å². The minimum absolute atomic E-state index is 0.117. The molecule has 2 aromatic rings. The number of anilines is 1. The number of rotatable bonds is 6. The molecule has 1 aromatic carbocycles. The number of benzene rings is 1. The lowest BCUT2D eigenvalue weighted by molar-refractivity contribution is -0.123. The van der Waals surface area contributed by atoms with Gasteiger partial charge in [-0.2, -0.15) is 0 Å². The molecule has 6 nitrogen and oxygen atoms in total. The van der Waals surface area contributed by atoms with E-state index in [9.17, 15) is 18.8 Å². The monoisotopic (exact) mass is 369 g/mol. The van der Waals surface area contributed by atoms with Gasteiger partial charge in [0.25, 0.3) is 5.91 Å². The van der Waals surface area contributed by atoms with Crippen LogP contribution in [0.5, 0.6) is 0 Å². The summed E-state index contributed by atoms with van der Waals surface area (Å²) < 4.78 is 13.0. The fraction of sp³-hybridized carbons (Fsp3) is 0.133. The molecule has 0 bridgehead atoms. The Kier molecular flexibility index (Phi) is 6.28. The van der Waals surface area contributed by atoms with Crippen molar-refractivity contribution in [3.8, 4) is 0 Å². The number of hydrogen-bond acceptors (Lipinski definition) is 4. The van der Waals surface area contributed by atoms with Crippen molar-refractivity contribution in [1.29, 1.82) is 0 Å². The van der Waals surface area contributed by atoms with Gasteiger partial charge in [-0.25, -0.2) is 4.39 Å². The smallest absolute Gasteiger partial charge is 0.261 e. The van der Waals surface area contributed by atoms with Crippen molar-refractivity contribution in [2.24, 2.45) is 0 Å². The molecule has 0 spiro atoms. The number of nitrogens with one attached hydrogen (secondary N) is 3. The molecule has 24 heavy (non-hydrogen) atoms. The fourth-order valence-corrected chi connectivity index (χ4v) is 2.50. The third-order valence-corrected chi connectivity index (χ3v) is 3.96. The molecule has 9 heteroatoms. The van der Waals surface area contributed by atoms with Gasteiger partial charge in [0, 0.05) is 5.69 Å². The molecule has 126 valence electrons. The number of carbonyl (C=O) groups excluding carboxylic acids is 3. The highest BCUT2D eigenvalue weighted by atomic mass is 35.5. The van der Waals surface area contributed by atoms with Gasteiger partial charge in [0.05, 0.1) is 23.0 Å². The molecule has 0 unspecified atom stereocenters. The molecule has 0 aliphatic rings. The quantitative estimate of drug-likeness (QED) is 0.728.